The predicted molar refractivity (Wildman–Crippen MR) is 68.0 cm³/mol. The summed E-state index contributed by atoms with van der Waals surface area (Å²) in [5, 5.41) is 19.9. The van der Waals surface area contributed by atoms with Gasteiger partial charge in [0, 0.05) is 11.6 Å². The van der Waals surface area contributed by atoms with Crippen molar-refractivity contribution >= 4 is 5.69 Å². The van der Waals surface area contributed by atoms with E-state index in [4.69, 9.17) is 5.26 Å². The molecule has 18 heavy (non-hydrogen) atoms. The van der Waals surface area contributed by atoms with E-state index in [1.54, 1.807) is 37.3 Å². The first kappa shape index (κ1) is 11.8. The van der Waals surface area contributed by atoms with Crippen molar-refractivity contribution < 1.29 is 4.92 Å². The number of nitro groups is 1. The Bertz CT molecular complexity index is 657. The molecule has 0 bridgehead atoms. The summed E-state index contributed by atoms with van der Waals surface area (Å²) in [7, 11) is 0. The number of hydrogen-bond acceptors (Lipinski definition) is 3. The van der Waals surface area contributed by atoms with E-state index in [2.05, 4.69) is 6.07 Å². The second kappa shape index (κ2) is 4.68. The van der Waals surface area contributed by atoms with Crippen LogP contribution < -0.4 is 0 Å². The fourth-order valence-corrected chi connectivity index (χ4v) is 1.81. The minimum Gasteiger partial charge on any atom is -0.258 e. The Morgan fingerprint density at radius 3 is 2.61 bits per heavy atom. The van der Waals surface area contributed by atoms with Gasteiger partial charge in [-0.3, -0.25) is 10.1 Å². The third-order valence-corrected chi connectivity index (χ3v) is 2.76. The molecule has 0 N–H and O–H groups in total. The zero-order chi connectivity index (χ0) is 13.1. The molecule has 4 nitrogen and oxygen atoms in total. The van der Waals surface area contributed by atoms with Gasteiger partial charge in [-0.05, 0) is 24.1 Å². The monoisotopic (exact) mass is 238 g/mol. The van der Waals surface area contributed by atoms with Crippen molar-refractivity contribution in [2.45, 2.75) is 6.92 Å². The number of rotatable bonds is 2. The minimum atomic E-state index is -0.409. The van der Waals surface area contributed by atoms with Crippen LogP contribution in [0.5, 0.6) is 0 Å². The lowest BCUT2D eigenvalue weighted by Gasteiger charge is -2.05. The van der Waals surface area contributed by atoms with Crippen molar-refractivity contribution in [3.05, 3.63) is 63.7 Å². The Morgan fingerprint density at radius 1 is 1.22 bits per heavy atom. The van der Waals surface area contributed by atoms with Gasteiger partial charge >= 0.3 is 0 Å². The van der Waals surface area contributed by atoms with E-state index in [0.29, 0.717) is 22.3 Å². The van der Waals surface area contributed by atoms with Crippen molar-refractivity contribution in [2.24, 2.45) is 0 Å². The first-order valence-electron chi connectivity index (χ1n) is 5.38. The van der Waals surface area contributed by atoms with E-state index in [0.717, 1.165) is 0 Å². The maximum Gasteiger partial charge on any atom is 0.272 e. The van der Waals surface area contributed by atoms with Gasteiger partial charge < -0.3 is 0 Å². The average molecular weight is 238 g/mol. The molecule has 0 aliphatic heterocycles. The lowest BCUT2D eigenvalue weighted by molar-refractivity contribution is -0.385. The van der Waals surface area contributed by atoms with Crippen molar-refractivity contribution in [3.63, 3.8) is 0 Å². The van der Waals surface area contributed by atoms with Gasteiger partial charge in [-0.1, -0.05) is 30.3 Å². The topological polar surface area (TPSA) is 66.9 Å². The molecule has 0 heterocycles. The largest absolute Gasteiger partial charge is 0.272 e. The zero-order valence-corrected chi connectivity index (χ0v) is 9.75. The molecule has 88 valence electrons. The molecule has 0 atom stereocenters. The summed E-state index contributed by atoms with van der Waals surface area (Å²) in [6, 6.07) is 14.1. The van der Waals surface area contributed by atoms with Crippen LogP contribution in [0, 0.1) is 28.4 Å². The van der Waals surface area contributed by atoms with E-state index in [-0.39, 0.29) is 5.69 Å². The van der Waals surface area contributed by atoms with E-state index in [1.165, 1.54) is 6.07 Å². The standard InChI is InChI=1S/C14H10N2O2/c1-10-6-7-11(8-14(10)16(17)18)13-5-3-2-4-12(13)9-15/h2-8H,1H3. The summed E-state index contributed by atoms with van der Waals surface area (Å²) in [6.07, 6.45) is 0. The van der Waals surface area contributed by atoms with Gasteiger partial charge in [0.2, 0.25) is 0 Å². The van der Waals surface area contributed by atoms with Crippen molar-refractivity contribution in [2.75, 3.05) is 0 Å². The Kier molecular flexibility index (Phi) is 3.07. The van der Waals surface area contributed by atoms with Crippen molar-refractivity contribution in [3.8, 4) is 17.2 Å². The summed E-state index contributed by atoms with van der Waals surface area (Å²) in [5.74, 6) is 0. The highest BCUT2D eigenvalue weighted by molar-refractivity contribution is 5.72. The Morgan fingerprint density at radius 2 is 1.94 bits per heavy atom. The van der Waals surface area contributed by atoms with Crippen LogP contribution in [-0.2, 0) is 0 Å². The summed E-state index contributed by atoms with van der Waals surface area (Å²) >= 11 is 0. The second-order valence-corrected chi connectivity index (χ2v) is 3.92. The molecule has 0 aliphatic carbocycles. The van der Waals surface area contributed by atoms with Gasteiger partial charge in [-0.2, -0.15) is 5.26 Å². The minimum absolute atomic E-state index is 0.0697. The maximum atomic E-state index is 10.9. The normalized spacial score (nSPS) is 9.78. The first-order chi connectivity index (χ1) is 8.63. The van der Waals surface area contributed by atoms with E-state index in [1.807, 2.05) is 6.07 Å². The lowest BCUT2D eigenvalue weighted by Crippen LogP contribution is -1.93. The van der Waals surface area contributed by atoms with Gasteiger partial charge in [0.25, 0.3) is 5.69 Å². The van der Waals surface area contributed by atoms with Crippen LogP contribution in [0.15, 0.2) is 42.5 Å². The molecule has 0 saturated carbocycles. The van der Waals surface area contributed by atoms with Crippen LogP contribution in [0.1, 0.15) is 11.1 Å². The number of nitriles is 1. The number of hydrogen-bond donors (Lipinski definition) is 0. The Labute approximate surface area is 104 Å². The molecule has 0 saturated heterocycles. The third kappa shape index (κ3) is 2.06. The van der Waals surface area contributed by atoms with Crippen molar-refractivity contribution in [1.82, 2.24) is 0 Å². The second-order valence-electron chi connectivity index (χ2n) is 3.92. The van der Waals surface area contributed by atoms with Gasteiger partial charge in [0.15, 0.2) is 0 Å². The molecule has 0 spiro atoms. The van der Waals surface area contributed by atoms with Crippen LogP contribution in [0.25, 0.3) is 11.1 Å². The molecule has 4 heteroatoms. The summed E-state index contributed by atoms with van der Waals surface area (Å²) < 4.78 is 0. The molecule has 0 aromatic heterocycles. The highest BCUT2D eigenvalue weighted by Crippen LogP contribution is 2.28. The van der Waals surface area contributed by atoms with Crippen LogP contribution >= 0.6 is 0 Å². The Hall–Kier alpha value is -2.67. The van der Waals surface area contributed by atoms with E-state index < -0.39 is 4.92 Å². The zero-order valence-electron chi connectivity index (χ0n) is 9.75. The fourth-order valence-electron chi connectivity index (χ4n) is 1.81. The highest BCUT2D eigenvalue weighted by Gasteiger charge is 2.13. The molecular weight excluding hydrogens is 228 g/mol. The number of nitrogens with zero attached hydrogens (tertiary/aromatic N) is 2. The fraction of sp³-hybridized carbons (Fsp3) is 0.0714. The van der Waals surface area contributed by atoms with Gasteiger partial charge in [-0.15, -0.1) is 0 Å². The molecule has 0 fully saturated rings. The average Bonchev–Trinajstić information content (AvgIpc) is 2.39. The predicted octanol–water partition coefficient (Wildman–Crippen LogP) is 3.44. The lowest BCUT2D eigenvalue weighted by atomic mass is 9.99. The van der Waals surface area contributed by atoms with Crippen LogP contribution in [0.4, 0.5) is 5.69 Å². The summed E-state index contributed by atoms with van der Waals surface area (Å²) in [4.78, 5) is 10.5. The number of benzene rings is 2. The number of aryl methyl sites for hydroxylation is 1. The molecule has 0 unspecified atom stereocenters. The van der Waals surface area contributed by atoms with Crippen LogP contribution in [-0.4, -0.2) is 4.92 Å². The maximum absolute atomic E-state index is 10.9. The van der Waals surface area contributed by atoms with Gasteiger partial charge in [0.1, 0.15) is 0 Å². The molecule has 0 aliphatic rings. The molecule has 2 rings (SSSR count). The SMILES string of the molecule is Cc1ccc(-c2ccccc2C#N)cc1[N+](=O)[O-]. The third-order valence-electron chi connectivity index (χ3n) is 2.76. The summed E-state index contributed by atoms with van der Waals surface area (Å²) in [5.41, 5.74) is 2.58. The Balaban J connectivity index is 2.62. The van der Waals surface area contributed by atoms with Crippen molar-refractivity contribution in [1.29, 1.82) is 5.26 Å². The van der Waals surface area contributed by atoms with Crippen LogP contribution in [0.3, 0.4) is 0 Å². The molecule has 0 radical (unpaired) electrons. The first-order valence-corrected chi connectivity index (χ1v) is 5.38. The van der Waals surface area contributed by atoms with Gasteiger partial charge in [-0.25, -0.2) is 0 Å². The molecule has 0 amide bonds. The van der Waals surface area contributed by atoms with E-state index in [9.17, 15) is 10.1 Å². The van der Waals surface area contributed by atoms with Gasteiger partial charge in [0.05, 0.1) is 16.6 Å². The molecule has 2 aromatic rings. The van der Waals surface area contributed by atoms with Crippen LogP contribution in [0.2, 0.25) is 0 Å². The quantitative estimate of drug-likeness (QED) is 0.594. The molecule has 2 aromatic carbocycles. The highest BCUT2D eigenvalue weighted by atomic mass is 16.6. The van der Waals surface area contributed by atoms with E-state index >= 15 is 0 Å². The smallest absolute Gasteiger partial charge is 0.258 e. The molecular formula is C14H10N2O2. The number of nitro benzene ring substituents is 1. The summed E-state index contributed by atoms with van der Waals surface area (Å²) in [6.45, 7) is 1.69.